The highest BCUT2D eigenvalue weighted by Crippen LogP contribution is 2.17. The zero-order valence-corrected chi connectivity index (χ0v) is 12.9. The number of H-pyrrole nitrogens is 1. The van der Waals surface area contributed by atoms with Gasteiger partial charge in [0.2, 0.25) is 0 Å². The number of carbonyl (C=O) groups excluding carboxylic acids is 1. The molecule has 0 aliphatic rings. The normalized spacial score (nSPS) is 10.8. The Bertz CT molecular complexity index is 817. The third kappa shape index (κ3) is 2.89. The molecule has 1 amide bonds. The molecule has 3 aromatic rings. The van der Waals surface area contributed by atoms with E-state index in [0.29, 0.717) is 6.54 Å². The van der Waals surface area contributed by atoms with E-state index >= 15 is 0 Å². The van der Waals surface area contributed by atoms with E-state index in [-0.39, 0.29) is 5.91 Å². The molecule has 0 radical (unpaired) electrons. The fourth-order valence-corrected chi connectivity index (χ4v) is 2.72. The van der Waals surface area contributed by atoms with Crippen molar-refractivity contribution in [1.82, 2.24) is 10.3 Å². The Kier molecular flexibility index (Phi) is 3.96. The number of para-hydroxylation sites is 1. The van der Waals surface area contributed by atoms with Crippen molar-refractivity contribution < 1.29 is 4.79 Å². The second kappa shape index (κ2) is 6.06. The van der Waals surface area contributed by atoms with Gasteiger partial charge in [-0.15, -0.1) is 0 Å². The highest BCUT2D eigenvalue weighted by molar-refractivity contribution is 5.95. The zero-order valence-electron chi connectivity index (χ0n) is 12.9. The molecule has 1 aromatic heterocycles. The highest BCUT2D eigenvalue weighted by atomic mass is 16.1. The van der Waals surface area contributed by atoms with Gasteiger partial charge in [0.25, 0.3) is 5.91 Å². The zero-order chi connectivity index (χ0) is 15.5. The molecule has 0 aliphatic carbocycles. The summed E-state index contributed by atoms with van der Waals surface area (Å²) in [6.07, 6.45) is 2.84. The molecule has 3 heteroatoms. The van der Waals surface area contributed by atoms with Crippen LogP contribution in [0, 0.1) is 13.8 Å². The molecular weight excluding hydrogens is 272 g/mol. The van der Waals surface area contributed by atoms with E-state index < -0.39 is 0 Å². The van der Waals surface area contributed by atoms with Crippen LogP contribution >= 0.6 is 0 Å². The summed E-state index contributed by atoms with van der Waals surface area (Å²) in [5.74, 6) is 0.000964. The molecule has 2 N–H and O–H groups in total. The second-order valence-corrected chi connectivity index (χ2v) is 5.68. The van der Waals surface area contributed by atoms with Gasteiger partial charge in [0.05, 0.1) is 0 Å². The van der Waals surface area contributed by atoms with Crippen molar-refractivity contribution in [3.8, 4) is 0 Å². The van der Waals surface area contributed by atoms with E-state index in [1.165, 1.54) is 10.9 Å². The van der Waals surface area contributed by atoms with Crippen LogP contribution in [0.4, 0.5) is 0 Å². The first-order valence-corrected chi connectivity index (χ1v) is 7.55. The van der Waals surface area contributed by atoms with Crippen molar-refractivity contribution in [3.63, 3.8) is 0 Å². The number of aromatic amines is 1. The quantitative estimate of drug-likeness (QED) is 0.755. The number of aromatic nitrogens is 1. The fraction of sp³-hybridized carbons (Fsp3) is 0.211. The summed E-state index contributed by atoms with van der Waals surface area (Å²) in [5.41, 5.74) is 5.25. The number of carbonyl (C=O) groups is 1. The highest BCUT2D eigenvalue weighted by Gasteiger charge is 2.09. The van der Waals surface area contributed by atoms with E-state index in [1.54, 1.807) is 0 Å². The molecule has 0 saturated heterocycles. The molecule has 0 atom stereocenters. The lowest BCUT2D eigenvalue weighted by Gasteiger charge is -2.08. The molecule has 0 bridgehead atoms. The maximum absolute atomic E-state index is 12.3. The van der Waals surface area contributed by atoms with Crippen LogP contribution in [0.2, 0.25) is 0 Å². The van der Waals surface area contributed by atoms with Gasteiger partial charge in [0, 0.05) is 29.2 Å². The summed E-state index contributed by atoms with van der Waals surface area (Å²) in [6.45, 7) is 4.60. The number of amides is 1. The summed E-state index contributed by atoms with van der Waals surface area (Å²) < 4.78 is 0. The molecule has 3 nitrogen and oxygen atoms in total. The van der Waals surface area contributed by atoms with Gasteiger partial charge in [0.15, 0.2) is 0 Å². The van der Waals surface area contributed by atoms with E-state index in [2.05, 4.69) is 22.4 Å². The largest absolute Gasteiger partial charge is 0.361 e. The number of aryl methyl sites for hydroxylation is 2. The van der Waals surface area contributed by atoms with Crippen molar-refractivity contribution in [2.24, 2.45) is 0 Å². The van der Waals surface area contributed by atoms with Crippen LogP contribution in [0.25, 0.3) is 10.9 Å². The van der Waals surface area contributed by atoms with E-state index in [1.807, 2.05) is 50.4 Å². The van der Waals surface area contributed by atoms with Crippen LogP contribution in [0.15, 0.2) is 48.7 Å². The molecule has 112 valence electrons. The Morgan fingerprint density at radius 2 is 1.95 bits per heavy atom. The van der Waals surface area contributed by atoms with E-state index in [0.717, 1.165) is 28.6 Å². The van der Waals surface area contributed by atoms with Crippen LogP contribution in [-0.4, -0.2) is 17.4 Å². The minimum Gasteiger partial charge on any atom is -0.361 e. The number of hydrogen-bond acceptors (Lipinski definition) is 1. The summed E-state index contributed by atoms with van der Waals surface area (Å²) in [5, 5.41) is 4.24. The van der Waals surface area contributed by atoms with Crippen LogP contribution in [-0.2, 0) is 6.42 Å². The summed E-state index contributed by atoms with van der Waals surface area (Å²) >= 11 is 0. The molecular formula is C19H20N2O. The fourth-order valence-electron chi connectivity index (χ4n) is 2.72. The average Bonchev–Trinajstić information content (AvgIpc) is 2.93. The first kappa shape index (κ1) is 14.4. The number of benzene rings is 2. The predicted molar refractivity (Wildman–Crippen MR) is 90.3 cm³/mol. The van der Waals surface area contributed by atoms with Crippen molar-refractivity contribution in [3.05, 3.63) is 70.9 Å². The third-order valence-electron chi connectivity index (χ3n) is 3.99. The molecule has 0 unspecified atom stereocenters. The number of rotatable bonds is 4. The summed E-state index contributed by atoms with van der Waals surface area (Å²) in [4.78, 5) is 15.6. The molecule has 3 rings (SSSR count). The Balaban J connectivity index is 1.65. The van der Waals surface area contributed by atoms with E-state index in [9.17, 15) is 4.79 Å². The van der Waals surface area contributed by atoms with Crippen LogP contribution < -0.4 is 5.32 Å². The number of hydrogen-bond donors (Lipinski definition) is 2. The van der Waals surface area contributed by atoms with Gasteiger partial charge in [-0.3, -0.25) is 4.79 Å². The van der Waals surface area contributed by atoms with E-state index in [4.69, 9.17) is 0 Å². The van der Waals surface area contributed by atoms with Gasteiger partial charge >= 0.3 is 0 Å². The predicted octanol–water partition coefficient (Wildman–Crippen LogP) is 3.76. The number of fused-ring (bicyclic) bond motifs is 1. The third-order valence-corrected chi connectivity index (χ3v) is 3.99. The average molecular weight is 292 g/mol. The van der Waals surface area contributed by atoms with Gasteiger partial charge < -0.3 is 10.3 Å². The summed E-state index contributed by atoms with van der Waals surface area (Å²) in [6, 6.07) is 14.2. The molecule has 1 heterocycles. The maximum Gasteiger partial charge on any atom is 0.251 e. The van der Waals surface area contributed by atoms with Gasteiger partial charge in [-0.25, -0.2) is 0 Å². The first-order valence-electron chi connectivity index (χ1n) is 7.55. The van der Waals surface area contributed by atoms with Gasteiger partial charge in [0.1, 0.15) is 0 Å². The lowest BCUT2D eigenvalue weighted by atomic mass is 10.0. The number of nitrogens with one attached hydrogen (secondary N) is 2. The van der Waals surface area contributed by atoms with Crippen molar-refractivity contribution in [1.29, 1.82) is 0 Å². The van der Waals surface area contributed by atoms with Crippen molar-refractivity contribution in [2.45, 2.75) is 20.3 Å². The first-order chi connectivity index (χ1) is 10.6. The minimum absolute atomic E-state index is 0.000964. The topological polar surface area (TPSA) is 44.9 Å². The SMILES string of the molecule is Cc1ccc(C)c(C(=O)NCCc2c[nH]c3ccccc23)c1. The molecule has 2 aromatic carbocycles. The molecule has 22 heavy (non-hydrogen) atoms. The second-order valence-electron chi connectivity index (χ2n) is 5.68. The molecule has 0 saturated carbocycles. The molecule has 0 aliphatic heterocycles. The Hall–Kier alpha value is -2.55. The van der Waals surface area contributed by atoms with Crippen LogP contribution in [0.1, 0.15) is 27.0 Å². The van der Waals surface area contributed by atoms with Crippen molar-refractivity contribution in [2.75, 3.05) is 6.54 Å². The Morgan fingerprint density at radius 3 is 2.82 bits per heavy atom. The van der Waals surface area contributed by atoms with Gasteiger partial charge in [-0.05, 0) is 43.5 Å². The lowest BCUT2D eigenvalue weighted by Crippen LogP contribution is -2.26. The van der Waals surface area contributed by atoms with Gasteiger partial charge in [-0.1, -0.05) is 35.9 Å². The smallest absolute Gasteiger partial charge is 0.251 e. The monoisotopic (exact) mass is 292 g/mol. The minimum atomic E-state index is 0.000964. The standard InChI is InChI=1S/C19H20N2O/c1-13-7-8-14(2)17(11-13)19(22)20-10-9-15-12-21-18-6-4-3-5-16(15)18/h3-8,11-12,21H,9-10H2,1-2H3,(H,20,22). The van der Waals surface area contributed by atoms with Crippen LogP contribution in [0.3, 0.4) is 0 Å². The molecule has 0 fully saturated rings. The Morgan fingerprint density at radius 1 is 1.14 bits per heavy atom. The maximum atomic E-state index is 12.3. The lowest BCUT2D eigenvalue weighted by molar-refractivity contribution is 0.0953. The van der Waals surface area contributed by atoms with Gasteiger partial charge in [-0.2, -0.15) is 0 Å². The van der Waals surface area contributed by atoms with Crippen molar-refractivity contribution >= 4 is 16.8 Å². The molecule has 0 spiro atoms. The summed E-state index contributed by atoms with van der Waals surface area (Å²) in [7, 11) is 0. The Labute approximate surface area is 130 Å². The van der Waals surface area contributed by atoms with Crippen LogP contribution in [0.5, 0.6) is 0 Å².